The van der Waals surface area contributed by atoms with Crippen LogP contribution in [0.5, 0.6) is 0 Å². The van der Waals surface area contributed by atoms with E-state index in [2.05, 4.69) is 13.8 Å². The first kappa shape index (κ1) is 16.9. The van der Waals surface area contributed by atoms with Gasteiger partial charge in [0, 0.05) is 5.41 Å². The van der Waals surface area contributed by atoms with Gasteiger partial charge in [0.05, 0.1) is 12.7 Å². The van der Waals surface area contributed by atoms with Crippen molar-refractivity contribution in [3.8, 4) is 0 Å². The van der Waals surface area contributed by atoms with Crippen LogP contribution in [0.25, 0.3) is 0 Å². The van der Waals surface area contributed by atoms with Crippen LogP contribution >= 0.6 is 0 Å². The van der Waals surface area contributed by atoms with Gasteiger partial charge in [-0.3, -0.25) is 0 Å². The lowest BCUT2D eigenvalue weighted by molar-refractivity contribution is -0.0182. The highest BCUT2D eigenvalue weighted by Crippen LogP contribution is 2.31. The molecule has 0 aliphatic heterocycles. The van der Waals surface area contributed by atoms with Crippen LogP contribution < -0.4 is 0 Å². The van der Waals surface area contributed by atoms with Gasteiger partial charge in [0.25, 0.3) is 0 Å². The summed E-state index contributed by atoms with van der Waals surface area (Å²) in [6.45, 7) is 6.50. The van der Waals surface area contributed by atoms with Crippen molar-refractivity contribution in [2.45, 2.75) is 84.7 Å². The lowest BCUT2D eigenvalue weighted by Crippen LogP contribution is -2.35. The fourth-order valence-electron chi connectivity index (χ4n) is 2.24. The molecule has 2 unspecified atom stereocenters. The third-order valence-corrected chi connectivity index (χ3v) is 3.85. The summed E-state index contributed by atoms with van der Waals surface area (Å²) >= 11 is 0. The molecule has 104 valence electrons. The molecule has 0 fully saturated rings. The molecule has 0 aromatic heterocycles. The predicted molar refractivity (Wildman–Crippen MR) is 74.1 cm³/mol. The minimum Gasteiger partial charge on any atom is -0.396 e. The van der Waals surface area contributed by atoms with Crippen LogP contribution in [-0.4, -0.2) is 22.9 Å². The number of unbranched alkanes of at least 4 members (excludes halogenated alkanes) is 5. The largest absolute Gasteiger partial charge is 0.396 e. The quantitative estimate of drug-likeness (QED) is 0.541. The smallest absolute Gasteiger partial charge is 0.0615 e. The van der Waals surface area contributed by atoms with E-state index >= 15 is 0 Å². The minimum absolute atomic E-state index is 0.104. The topological polar surface area (TPSA) is 40.5 Å². The molecule has 0 bridgehead atoms. The normalized spacial score (nSPS) is 16.8. The Hall–Kier alpha value is -0.0800. The van der Waals surface area contributed by atoms with Gasteiger partial charge in [-0.1, -0.05) is 65.7 Å². The van der Waals surface area contributed by atoms with Gasteiger partial charge in [-0.15, -0.1) is 0 Å². The molecule has 2 N–H and O–H groups in total. The van der Waals surface area contributed by atoms with E-state index in [1.54, 1.807) is 0 Å². The van der Waals surface area contributed by atoms with Crippen molar-refractivity contribution in [3.63, 3.8) is 0 Å². The molecule has 0 heterocycles. The number of aliphatic hydroxyl groups is 2. The van der Waals surface area contributed by atoms with Crippen LogP contribution in [0.15, 0.2) is 0 Å². The average molecular weight is 244 g/mol. The van der Waals surface area contributed by atoms with E-state index in [4.69, 9.17) is 0 Å². The number of hydrogen-bond acceptors (Lipinski definition) is 2. The van der Waals surface area contributed by atoms with Crippen LogP contribution in [-0.2, 0) is 0 Å². The Morgan fingerprint density at radius 1 is 0.941 bits per heavy atom. The molecule has 0 amide bonds. The van der Waals surface area contributed by atoms with Crippen LogP contribution in [0, 0.1) is 5.41 Å². The van der Waals surface area contributed by atoms with E-state index in [0.717, 1.165) is 25.7 Å². The molecule has 0 aliphatic carbocycles. The Labute approximate surface area is 107 Å². The third-order valence-electron chi connectivity index (χ3n) is 3.85. The van der Waals surface area contributed by atoms with Crippen molar-refractivity contribution >= 4 is 0 Å². The van der Waals surface area contributed by atoms with E-state index in [1.165, 1.54) is 32.1 Å². The van der Waals surface area contributed by atoms with Crippen molar-refractivity contribution in [2.75, 3.05) is 6.61 Å². The molecule has 17 heavy (non-hydrogen) atoms. The lowest BCUT2D eigenvalue weighted by Gasteiger charge is -2.33. The molecule has 0 saturated carbocycles. The molecule has 0 aromatic carbocycles. The number of aliphatic hydroxyl groups excluding tert-OH is 2. The SMILES string of the molecule is CCCCCCC(C)(CO)C(O)CCCCC. The van der Waals surface area contributed by atoms with Gasteiger partial charge in [0.2, 0.25) is 0 Å². The van der Waals surface area contributed by atoms with Crippen molar-refractivity contribution in [1.82, 2.24) is 0 Å². The Morgan fingerprint density at radius 3 is 2.06 bits per heavy atom. The van der Waals surface area contributed by atoms with Crippen molar-refractivity contribution in [2.24, 2.45) is 5.41 Å². The van der Waals surface area contributed by atoms with E-state index in [1.807, 2.05) is 6.92 Å². The first-order chi connectivity index (χ1) is 8.10. The summed E-state index contributed by atoms with van der Waals surface area (Å²) in [4.78, 5) is 0. The molecule has 0 radical (unpaired) electrons. The van der Waals surface area contributed by atoms with Gasteiger partial charge < -0.3 is 10.2 Å². The number of hydrogen-bond donors (Lipinski definition) is 2. The third kappa shape index (κ3) is 7.05. The zero-order valence-electron chi connectivity index (χ0n) is 12.0. The van der Waals surface area contributed by atoms with Gasteiger partial charge in [-0.05, 0) is 12.8 Å². The summed E-state index contributed by atoms with van der Waals surface area (Å²) in [6.07, 6.45) is 9.68. The first-order valence-electron chi connectivity index (χ1n) is 7.39. The molecule has 2 atom stereocenters. The van der Waals surface area contributed by atoms with E-state index in [-0.39, 0.29) is 18.1 Å². The Bertz CT molecular complexity index is 170. The molecule has 0 saturated heterocycles. The average Bonchev–Trinajstić information content (AvgIpc) is 2.34. The van der Waals surface area contributed by atoms with Crippen LogP contribution in [0.2, 0.25) is 0 Å². The van der Waals surface area contributed by atoms with E-state index in [9.17, 15) is 10.2 Å². The molecule has 2 heteroatoms. The molecular weight excluding hydrogens is 212 g/mol. The summed E-state index contributed by atoms with van der Waals surface area (Å²) < 4.78 is 0. The van der Waals surface area contributed by atoms with Crippen LogP contribution in [0.1, 0.15) is 78.6 Å². The summed E-state index contributed by atoms with van der Waals surface area (Å²) in [5, 5.41) is 19.7. The van der Waals surface area contributed by atoms with E-state index < -0.39 is 0 Å². The highest BCUT2D eigenvalue weighted by Gasteiger charge is 2.31. The van der Waals surface area contributed by atoms with Crippen molar-refractivity contribution < 1.29 is 10.2 Å². The Kier molecular flexibility index (Phi) is 9.85. The second-order valence-corrected chi connectivity index (χ2v) is 5.63. The molecule has 0 spiro atoms. The van der Waals surface area contributed by atoms with Gasteiger partial charge in [0.15, 0.2) is 0 Å². The van der Waals surface area contributed by atoms with Crippen LogP contribution in [0.3, 0.4) is 0 Å². The summed E-state index contributed by atoms with van der Waals surface area (Å²) in [6, 6.07) is 0. The van der Waals surface area contributed by atoms with Crippen molar-refractivity contribution in [3.05, 3.63) is 0 Å². The highest BCUT2D eigenvalue weighted by molar-refractivity contribution is 4.81. The maximum atomic E-state index is 10.2. The van der Waals surface area contributed by atoms with Gasteiger partial charge >= 0.3 is 0 Å². The van der Waals surface area contributed by atoms with Gasteiger partial charge in [0.1, 0.15) is 0 Å². The minimum atomic E-state index is -0.347. The van der Waals surface area contributed by atoms with Crippen molar-refractivity contribution in [1.29, 1.82) is 0 Å². The zero-order chi connectivity index (χ0) is 13.1. The fourth-order valence-corrected chi connectivity index (χ4v) is 2.24. The molecular formula is C15H32O2. The van der Waals surface area contributed by atoms with Crippen LogP contribution in [0.4, 0.5) is 0 Å². The second kappa shape index (κ2) is 9.90. The molecule has 2 nitrogen and oxygen atoms in total. The first-order valence-corrected chi connectivity index (χ1v) is 7.39. The number of rotatable bonds is 11. The Balaban J connectivity index is 3.96. The molecule has 0 aromatic rings. The maximum absolute atomic E-state index is 10.2. The van der Waals surface area contributed by atoms with Gasteiger partial charge in [-0.25, -0.2) is 0 Å². The molecule has 0 aliphatic rings. The highest BCUT2D eigenvalue weighted by atomic mass is 16.3. The standard InChI is InChI=1S/C15H32O2/c1-4-6-8-10-12-15(3,13-16)14(17)11-9-7-5-2/h14,16-17H,4-13H2,1-3H3. The second-order valence-electron chi connectivity index (χ2n) is 5.63. The summed E-state index contributed by atoms with van der Waals surface area (Å²) in [5.74, 6) is 0. The Morgan fingerprint density at radius 2 is 1.53 bits per heavy atom. The monoisotopic (exact) mass is 244 g/mol. The van der Waals surface area contributed by atoms with Gasteiger partial charge in [-0.2, -0.15) is 0 Å². The fraction of sp³-hybridized carbons (Fsp3) is 1.00. The predicted octanol–water partition coefficient (Wildman–Crippen LogP) is 3.90. The maximum Gasteiger partial charge on any atom is 0.0615 e. The van der Waals surface area contributed by atoms with E-state index in [0.29, 0.717) is 0 Å². The summed E-state index contributed by atoms with van der Waals surface area (Å²) in [5.41, 5.74) is -0.290. The lowest BCUT2D eigenvalue weighted by atomic mass is 9.78. The molecule has 0 rings (SSSR count). The zero-order valence-corrected chi connectivity index (χ0v) is 12.0. The summed E-state index contributed by atoms with van der Waals surface area (Å²) in [7, 11) is 0.